The van der Waals surface area contributed by atoms with Gasteiger partial charge in [0.1, 0.15) is 0 Å². The Hall–Kier alpha value is -8.09. The Bertz CT molecular complexity index is 3680. The summed E-state index contributed by atoms with van der Waals surface area (Å²) in [5, 5.41) is 5.69. The van der Waals surface area contributed by atoms with Gasteiger partial charge in [0.05, 0.1) is 44.2 Å². The summed E-state index contributed by atoms with van der Waals surface area (Å²) in [5.74, 6) is 0.507. The number of aromatic nitrogens is 5. The average Bonchev–Trinajstić information content (AvgIpc) is 3.83. The SMILES string of the molecule is O=c1c2c3cc(-c4ccc5c(c4)c4ccccc4n5-c4ccccc4)ccc3n(-c3nc(-c4ccccc4)c4ccccc4n3)c2c2ccccc2n1-c1ccccc1. The van der Waals surface area contributed by atoms with E-state index in [4.69, 9.17) is 9.97 Å². The van der Waals surface area contributed by atoms with E-state index in [0.717, 1.165) is 83.0 Å². The van der Waals surface area contributed by atoms with Crippen LogP contribution in [-0.4, -0.2) is 23.7 Å². The summed E-state index contributed by atoms with van der Waals surface area (Å²) in [6.07, 6.45) is 0. The first-order chi connectivity index (χ1) is 29.2. The highest BCUT2D eigenvalue weighted by Gasteiger charge is 2.24. The van der Waals surface area contributed by atoms with Crippen LogP contribution in [0.2, 0.25) is 0 Å². The van der Waals surface area contributed by atoms with E-state index in [2.05, 4.69) is 118 Å². The van der Waals surface area contributed by atoms with Crippen molar-refractivity contribution in [1.82, 2.24) is 23.7 Å². The van der Waals surface area contributed by atoms with Crippen LogP contribution in [0.3, 0.4) is 0 Å². The lowest BCUT2D eigenvalue weighted by Crippen LogP contribution is -2.19. The molecular weight excluding hydrogens is 723 g/mol. The molecule has 6 nitrogen and oxygen atoms in total. The summed E-state index contributed by atoms with van der Waals surface area (Å²) in [7, 11) is 0. The van der Waals surface area contributed by atoms with Gasteiger partial charge in [-0.05, 0) is 77.9 Å². The summed E-state index contributed by atoms with van der Waals surface area (Å²) in [4.78, 5) is 25.9. The standard InChI is InChI=1S/C53H33N5O/c59-52-49-43-33-36(35-28-30-47-42(32-35)39-22-11-14-26-45(39)56(47)37-18-6-2-7-19-37)29-31-48(43)58(51(49)41-24-12-15-27-46(41)57(52)38-20-8-3-9-21-38)53-54-44-25-13-10-23-40(44)50(55-53)34-16-4-1-5-17-34/h1-33H. The van der Waals surface area contributed by atoms with Gasteiger partial charge in [0.25, 0.3) is 5.56 Å². The largest absolute Gasteiger partial charge is 0.309 e. The number of nitrogens with zero attached hydrogens (tertiary/aromatic N) is 5. The maximum Gasteiger partial charge on any atom is 0.265 e. The number of hydrogen-bond acceptors (Lipinski definition) is 3. The summed E-state index contributed by atoms with van der Waals surface area (Å²) < 4.78 is 6.27. The highest BCUT2D eigenvalue weighted by atomic mass is 16.1. The third kappa shape index (κ3) is 5.03. The van der Waals surface area contributed by atoms with Crippen LogP contribution in [0.15, 0.2) is 205 Å². The summed E-state index contributed by atoms with van der Waals surface area (Å²) in [6, 6.07) is 68.7. The van der Waals surface area contributed by atoms with Crippen LogP contribution in [0.4, 0.5) is 0 Å². The van der Waals surface area contributed by atoms with E-state index in [9.17, 15) is 0 Å². The lowest BCUT2D eigenvalue weighted by molar-refractivity contribution is 1.01. The van der Waals surface area contributed by atoms with Crippen molar-refractivity contribution in [2.24, 2.45) is 0 Å². The van der Waals surface area contributed by atoms with Crippen molar-refractivity contribution in [3.63, 3.8) is 0 Å². The number of hydrogen-bond donors (Lipinski definition) is 0. The van der Waals surface area contributed by atoms with Crippen LogP contribution < -0.4 is 5.56 Å². The van der Waals surface area contributed by atoms with Gasteiger partial charge in [0.15, 0.2) is 0 Å². The maximum absolute atomic E-state index is 15.3. The van der Waals surface area contributed by atoms with E-state index in [1.807, 2.05) is 95.6 Å². The van der Waals surface area contributed by atoms with Gasteiger partial charge in [-0.2, -0.15) is 0 Å². The van der Waals surface area contributed by atoms with Crippen molar-refractivity contribution in [2.45, 2.75) is 0 Å². The molecule has 4 heterocycles. The number of benzene rings is 8. The lowest BCUT2D eigenvalue weighted by atomic mass is 10.0. The van der Waals surface area contributed by atoms with Crippen molar-refractivity contribution in [1.29, 1.82) is 0 Å². The fourth-order valence-electron chi connectivity index (χ4n) is 9.06. The fourth-order valence-corrected chi connectivity index (χ4v) is 9.06. The Kier molecular flexibility index (Phi) is 7.28. The van der Waals surface area contributed by atoms with Gasteiger partial charge in [-0.25, -0.2) is 9.97 Å². The molecule has 0 amide bonds. The number of fused-ring (bicyclic) bond motifs is 9. The summed E-state index contributed by atoms with van der Waals surface area (Å²) >= 11 is 0. The third-order valence-electron chi connectivity index (χ3n) is 11.7. The van der Waals surface area contributed by atoms with Crippen molar-refractivity contribution >= 4 is 65.4 Å². The van der Waals surface area contributed by atoms with E-state index < -0.39 is 0 Å². The molecular formula is C53H33N5O. The fraction of sp³-hybridized carbons (Fsp3) is 0. The second kappa shape index (κ2) is 13.0. The molecule has 59 heavy (non-hydrogen) atoms. The van der Waals surface area contributed by atoms with Crippen molar-refractivity contribution in [2.75, 3.05) is 0 Å². The topological polar surface area (TPSA) is 57.6 Å². The van der Waals surface area contributed by atoms with Crippen LogP contribution in [0.1, 0.15) is 0 Å². The minimum Gasteiger partial charge on any atom is -0.309 e. The predicted molar refractivity (Wildman–Crippen MR) is 242 cm³/mol. The van der Waals surface area contributed by atoms with Gasteiger partial charge >= 0.3 is 0 Å². The summed E-state index contributed by atoms with van der Waals surface area (Å²) in [6.45, 7) is 0. The van der Waals surface area contributed by atoms with E-state index >= 15 is 4.79 Å². The number of pyridine rings is 1. The van der Waals surface area contributed by atoms with E-state index in [1.54, 1.807) is 0 Å². The minimum atomic E-state index is -0.101. The Balaban J connectivity index is 1.18. The normalized spacial score (nSPS) is 11.8. The lowest BCUT2D eigenvalue weighted by Gasteiger charge is -2.14. The van der Waals surface area contributed by atoms with Crippen molar-refractivity contribution in [3.8, 4) is 39.7 Å². The van der Waals surface area contributed by atoms with Crippen LogP contribution in [-0.2, 0) is 0 Å². The molecule has 12 aromatic rings. The van der Waals surface area contributed by atoms with Gasteiger partial charge in [-0.15, -0.1) is 0 Å². The van der Waals surface area contributed by atoms with Gasteiger partial charge in [0.2, 0.25) is 5.95 Å². The first-order valence-corrected chi connectivity index (χ1v) is 19.8. The molecule has 0 aliphatic heterocycles. The zero-order chi connectivity index (χ0) is 39.0. The molecule has 0 atom stereocenters. The van der Waals surface area contributed by atoms with Crippen molar-refractivity contribution < 1.29 is 0 Å². The molecule has 0 radical (unpaired) electrons. The molecule has 276 valence electrons. The molecule has 12 rings (SSSR count). The Morgan fingerprint density at radius 1 is 0.356 bits per heavy atom. The zero-order valence-electron chi connectivity index (χ0n) is 31.7. The number of rotatable bonds is 5. The monoisotopic (exact) mass is 755 g/mol. The Morgan fingerprint density at radius 2 is 0.864 bits per heavy atom. The van der Waals surface area contributed by atoms with Crippen molar-refractivity contribution in [3.05, 3.63) is 211 Å². The molecule has 0 aliphatic rings. The Morgan fingerprint density at radius 3 is 1.56 bits per heavy atom. The van der Waals surface area contributed by atoms with Crippen LogP contribution in [0.5, 0.6) is 0 Å². The molecule has 0 fully saturated rings. The first-order valence-electron chi connectivity index (χ1n) is 19.8. The average molecular weight is 756 g/mol. The van der Waals surface area contributed by atoms with E-state index in [1.165, 1.54) is 10.8 Å². The third-order valence-corrected chi connectivity index (χ3v) is 11.7. The zero-order valence-corrected chi connectivity index (χ0v) is 31.7. The van der Waals surface area contributed by atoms with Crippen LogP contribution in [0.25, 0.3) is 105 Å². The quantitative estimate of drug-likeness (QED) is 0.176. The van der Waals surface area contributed by atoms with Gasteiger partial charge < -0.3 is 4.57 Å². The predicted octanol–water partition coefficient (Wildman–Crippen LogP) is 12.5. The van der Waals surface area contributed by atoms with E-state index in [0.29, 0.717) is 11.3 Å². The van der Waals surface area contributed by atoms with Gasteiger partial charge in [-0.3, -0.25) is 13.9 Å². The molecule has 6 heteroatoms. The first kappa shape index (κ1) is 33.1. The van der Waals surface area contributed by atoms with Crippen LogP contribution >= 0.6 is 0 Å². The molecule has 0 spiro atoms. The molecule has 0 aliphatic carbocycles. The molecule has 0 bridgehead atoms. The minimum absolute atomic E-state index is 0.101. The maximum atomic E-state index is 15.3. The summed E-state index contributed by atoms with van der Waals surface area (Å²) in [5.41, 5.74) is 11.3. The number of para-hydroxylation sites is 5. The molecule has 0 saturated heterocycles. The Labute approximate surface area is 338 Å². The molecule has 8 aromatic carbocycles. The second-order valence-electron chi connectivity index (χ2n) is 15.0. The molecule has 4 aromatic heterocycles. The smallest absolute Gasteiger partial charge is 0.265 e. The van der Waals surface area contributed by atoms with Gasteiger partial charge in [0, 0.05) is 43.9 Å². The second-order valence-corrected chi connectivity index (χ2v) is 15.0. The highest BCUT2D eigenvalue weighted by molar-refractivity contribution is 6.19. The van der Waals surface area contributed by atoms with E-state index in [-0.39, 0.29) is 5.56 Å². The molecule has 0 N–H and O–H groups in total. The van der Waals surface area contributed by atoms with Crippen LogP contribution in [0, 0.1) is 0 Å². The molecule has 0 unspecified atom stereocenters. The van der Waals surface area contributed by atoms with Gasteiger partial charge in [-0.1, -0.05) is 133 Å². The molecule has 0 saturated carbocycles. The highest BCUT2D eigenvalue weighted by Crippen LogP contribution is 2.40.